The van der Waals surface area contributed by atoms with Crippen LogP contribution in [0.4, 0.5) is 4.39 Å². The van der Waals surface area contributed by atoms with Gasteiger partial charge in [0.25, 0.3) is 5.91 Å². The molecule has 0 heterocycles. The third-order valence-corrected chi connectivity index (χ3v) is 4.85. The van der Waals surface area contributed by atoms with Crippen molar-refractivity contribution in [2.75, 3.05) is 20.1 Å². The maximum atomic E-state index is 13.9. The molecule has 3 rings (SSSR count). The molecule has 0 aliphatic heterocycles. The Morgan fingerprint density at radius 3 is 2.79 bits per heavy atom. The van der Waals surface area contributed by atoms with E-state index in [1.807, 2.05) is 37.3 Å². The molecule has 0 spiro atoms. The molecule has 1 saturated carbocycles. The Morgan fingerprint density at radius 2 is 2.04 bits per heavy atom. The van der Waals surface area contributed by atoms with Gasteiger partial charge in [0.05, 0.1) is 0 Å². The lowest BCUT2D eigenvalue weighted by molar-refractivity contribution is 0.0963. The number of amides is 1. The predicted octanol–water partition coefficient (Wildman–Crippen LogP) is 2.84. The Kier molecular flexibility index (Phi) is 6.63. The third kappa shape index (κ3) is 5.09. The average molecular weight is 382 g/mol. The van der Waals surface area contributed by atoms with E-state index in [0.717, 1.165) is 36.5 Å². The molecule has 148 valence electrons. The number of rotatable bonds is 7. The third-order valence-electron chi connectivity index (χ3n) is 4.85. The summed E-state index contributed by atoms with van der Waals surface area (Å²) < 4.78 is 13.9. The van der Waals surface area contributed by atoms with Gasteiger partial charge in [-0.2, -0.15) is 0 Å². The summed E-state index contributed by atoms with van der Waals surface area (Å²) in [6, 6.07) is 14.7. The van der Waals surface area contributed by atoms with Crippen molar-refractivity contribution in [3.8, 4) is 0 Å². The van der Waals surface area contributed by atoms with E-state index < -0.39 is 0 Å². The lowest BCUT2D eigenvalue weighted by Gasteiger charge is -2.11. The van der Waals surface area contributed by atoms with Crippen LogP contribution in [0.3, 0.4) is 0 Å². The number of guanidine groups is 1. The molecule has 6 heteroatoms. The number of hydrogen-bond acceptors (Lipinski definition) is 2. The lowest BCUT2D eigenvalue weighted by atomic mass is 10.1. The fourth-order valence-corrected chi connectivity index (χ4v) is 3.28. The summed E-state index contributed by atoms with van der Waals surface area (Å²) in [6.45, 7) is 3.38. The van der Waals surface area contributed by atoms with Crippen molar-refractivity contribution in [2.45, 2.75) is 31.7 Å². The highest BCUT2D eigenvalue weighted by molar-refractivity contribution is 5.94. The molecule has 1 fully saturated rings. The van der Waals surface area contributed by atoms with Crippen LogP contribution in [0.5, 0.6) is 0 Å². The summed E-state index contributed by atoms with van der Waals surface area (Å²) >= 11 is 0. The van der Waals surface area contributed by atoms with E-state index in [0.29, 0.717) is 12.1 Å². The van der Waals surface area contributed by atoms with Gasteiger partial charge in [0, 0.05) is 37.7 Å². The van der Waals surface area contributed by atoms with Crippen LogP contribution in [-0.2, 0) is 6.42 Å². The zero-order valence-electron chi connectivity index (χ0n) is 16.3. The average Bonchev–Trinajstić information content (AvgIpc) is 3.47. The van der Waals surface area contributed by atoms with Crippen LogP contribution in [0.15, 0.2) is 53.5 Å². The first-order valence-corrected chi connectivity index (χ1v) is 9.72. The largest absolute Gasteiger partial charge is 0.357 e. The molecule has 5 nitrogen and oxygen atoms in total. The minimum absolute atomic E-state index is 0.0896. The van der Waals surface area contributed by atoms with Crippen LogP contribution in [0.25, 0.3) is 0 Å². The number of nitrogens with zero attached hydrogens (tertiary/aromatic N) is 1. The molecule has 3 N–H and O–H groups in total. The van der Waals surface area contributed by atoms with Gasteiger partial charge in [-0.05, 0) is 49.1 Å². The SMILES string of the molecule is CCNC(=NCCc1cccc(C(=O)NC)c1)NC1CC1c1ccccc1F. The van der Waals surface area contributed by atoms with Crippen molar-refractivity contribution in [1.29, 1.82) is 0 Å². The van der Waals surface area contributed by atoms with Gasteiger partial charge in [0.2, 0.25) is 0 Å². The summed E-state index contributed by atoms with van der Waals surface area (Å²) in [5.74, 6) is 0.700. The molecule has 2 atom stereocenters. The molecule has 1 amide bonds. The quantitative estimate of drug-likeness (QED) is 0.510. The zero-order valence-corrected chi connectivity index (χ0v) is 16.3. The fraction of sp³-hybridized carbons (Fsp3) is 0.364. The van der Waals surface area contributed by atoms with Crippen molar-refractivity contribution >= 4 is 11.9 Å². The first kappa shape index (κ1) is 19.9. The minimum Gasteiger partial charge on any atom is -0.357 e. The number of carbonyl (C=O) groups is 1. The molecular formula is C22H27FN4O. The molecule has 1 aliphatic rings. The zero-order chi connectivity index (χ0) is 19.9. The highest BCUT2D eigenvalue weighted by atomic mass is 19.1. The number of halogens is 1. The molecule has 28 heavy (non-hydrogen) atoms. The van der Waals surface area contributed by atoms with E-state index in [-0.39, 0.29) is 23.7 Å². The van der Waals surface area contributed by atoms with Gasteiger partial charge in [0.1, 0.15) is 5.82 Å². The second-order valence-electron chi connectivity index (χ2n) is 6.90. The number of aliphatic imine (C=N–C) groups is 1. The predicted molar refractivity (Wildman–Crippen MR) is 110 cm³/mol. The highest BCUT2D eigenvalue weighted by Gasteiger charge is 2.40. The Hall–Kier alpha value is -2.89. The van der Waals surface area contributed by atoms with Crippen molar-refractivity contribution in [3.63, 3.8) is 0 Å². The van der Waals surface area contributed by atoms with Crippen LogP contribution < -0.4 is 16.0 Å². The Bertz CT molecular complexity index is 852. The Labute approximate surface area is 165 Å². The van der Waals surface area contributed by atoms with Crippen LogP contribution in [0.1, 0.15) is 40.7 Å². The van der Waals surface area contributed by atoms with Crippen LogP contribution in [-0.4, -0.2) is 38.0 Å². The van der Waals surface area contributed by atoms with Gasteiger partial charge in [-0.25, -0.2) is 4.39 Å². The van der Waals surface area contributed by atoms with Crippen LogP contribution in [0, 0.1) is 5.82 Å². The van der Waals surface area contributed by atoms with Gasteiger partial charge < -0.3 is 16.0 Å². The molecule has 2 aromatic carbocycles. The molecule has 0 aromatic heterocycles. The van der Waals surface area contributed by atoms with Gasteiger partial charge in [-0.1, -0.05) is 30.3 Å². The normalized spacial score (nSPS) is 18.5. The molecule has 0 bridgehead atoms. The van der Waals surface area contributed by atoms with Gasteiger partial charge >= 0.3 is 0 Å². The fourth-order valence-electron chi connectivity index (χ4n) is 3.28. The van der Waals surface area contributed by atoms with Crippen LogP contribution in [0.2, 0.25) is 0 Å². The van der Waals surface area contributed by atoms with Crippen molar-refractivity contribution in [3.05, 3.63) is 71.0 Å². The summed E-state index contributed by atoms with van der Waals surface area (Å²) in [5.41, 5.74) is 2.48. The van der Waals surface area contributed by atoms with Crippen LogP contribution >= 0.6 is 0 Å². The van der Waals surface area contributed by atoms with Gasteiger partial charge in [-0.3, -0.25) is 9.79 Å². The topological polar surface area (TPSA) is 65.5 Å². The van der Waals surface area contributed by atoms with E-state index in [9.17, 15) is 9.18 Å². The first-order valence-electron chi connectivity index (χ1n) is 9.72. The molecule has 2 unspecified atom stereocenters. The number of hydrogen-bond donors (Lipinski definition) is 3. The standard InChI is InChI=1S/C22H27FN4O/c1-3-25-22(27-20-14-18(20)17-9-4-5-10-19(17)23)26-12-11-15-7-6-8-16(13-15)21(28)24-2/h4-10,13,18,20H,3,11-12,14H2,1-2H3,(H,24,28)(H2,25,26,27). The van der Waals surface area contributed by atoms with Crippen molar-refractivity contribution in [1.82, 2.24) is 16.0 Å². The molecular weight excluding hydrogens is 355 g/mol. The molecule has 0 saturated heterocycles. The number of benzene rings is 2. The smallest absolute Gasteiger partial charge is 0.251 e. The number of carbonyl (C=O) groups excluding carboxylic acids is 1. The monoisotopic (exact) mass is 382 g/mol. The summed E-state index contributed by atoms with van der Waals surface area (Å²) in [4.78, 5) is 16.4. The van der Waals surface area contributed by atoms with Gasteiger partial charge in [0.15, 0.2) is 5.96 Å². The maximum Gasteiger partial charge on any atom is 0.251 e. The minimum atomic E-state index is -0.144. The summed E-state index contributed by atoms with van der Waals surface area (Å²) in [7, 11) is 1.63. The highest BCUT2D eigenvalue weighted by Crippen LogP contribution is 2.41. The Balaban J connectivity index is 1.57. The van der Waals surface area contributed by atoms with E-state index >= 15 is 0 Å². The van der Waals surface area contributed by atoms with Gasteiger partial charge in [-0.15, -0.1) is 0 Å². The second kappa shape index (κ2) is 9.35. The molecule has 0 radical (unpaired) electrons. The Morgan fingerprint density at radius 1 is 1.21 bits per heavy atom. The second-order valence-corrected chi connectivity index (χ2v) is 6.90. The van der Waals surface area contributed by atoms with E-state index in [2.05, 4.69) is 20.9 Å². The van der Waals surface area contributed by atoms with Crippen molar-refractivity contribution < 1.29 is 9.18 Å². The lowest BCUT2D eigenvalue weighted by Crippen LogP contribution is -2.39. The summed E-state index contributed by atoms with van der Waals surface area (Å²) in [6.07, 6.45) is 1.64. The molecule has 2 aromatic rings. The van der Waals surface area contributed by atoms with E-state index in [4.69, 9.17) is 0 Å². The van der Waals surface area contributed by atoms with Crippen molar-refractivity contribution in [2.24, 2.45) is 4.99 Å². The van der Waals surface area contributed by atoms with E-state index in [1.165, 1.54) is 6.07 Å². The maximum absolute atomic E-state index is 13.9. The number of nitrogens with one attached hydrogen (secondary N) is 3. The summed E-state index contributed by atoms with van der Waals surface area (Å²) in [5, 5.41) is 9.28. The first-order chi connectivity index (χ1) is 13.6. The van der Waals surface area contributed by atoms with E-state index in [1.54, 1.807) is 19.2 Å². The molecule has 1 aliphatic carbocycles.